The molecule has 5 N–H and O–H groups in total. The molecule has 1 aromatic rings. The molecule has 1 aliphatic rings. The number of pyridine rings is 1. The van der Waals surface area contributed by atoms with Crippen LogP contribution in [0.3, 0.4) is 0 Å². The van der Waals surface area contributed by atoms with Crippen molar-refractivity contribution in [3.05, 3.63) is 52.9 Å². The highest BCUT2D eigenvalue weighted by molar-refractivity contribution is 5.53. The number of hydrogen-bond donors (Lipinski definition) is 4. The van der Waals surface area contributed by atoms with Crippen LogP contribution in [-0.2, 0) is 0 Å². The molecule has 0 aliphatic carbocycles. The van der Waals surface area contributed by atoms with Crippen molar-refractivity contribution in [3.63, 3.8) is 0 Å². The Morgan fingerprint density at radius 3 is 2.42 bits per heavy atom. The van der Waals surface area contributed by atoms with E-state index in [-0.39, 0.29) is 22.9 Å². The molecule has 7 nitrogen and oxygen atoms in total. The Morgan fingerprint density at radius 2 is 1.89 bits per heavy atom. The minimum atomic E-state index is -0.676. The summed E-state index contributed by atoms with van der Waals surface area (Å²) in [6, 6.07) is 7.25. The molecule has 0 radical (unpaired) electrons. The van der Waals surface area contributed by atoms with Gasteiger partial charge in [0.15, 0.2) is 0 Å². The van der Waals surface area contributed by atoms with Gasteiger partial charge in [-0.05, 0) is 17.7 Å². The molecule has 19 heavy (non-hydrogen) atoms. The molecule has 2 heterocycles. The lowest BCUT2D eigenvalue weighted by molar-refractivity contribution is 0.359. The van der Waals surface area contributed by atoms with Gasteiger partial charge in [0.1, 0.15) is 17.5 Å². The molecular formula is C12H10N6O. The van der Waals surface area contributed by atoms with E-state index >= 15 is 0 Å². The quantitative estimate of drug-likeness (QED) is 0.439. The summed E-state index contributed by atoms with van der Waals surface area (Å²) in [5.74, 6) is 4.48. The molecule has 0 bridgehead atoms. The fourth-order valence-electron chi connectivity index (χ4n) is 1.92. The molecule has 1 aromatic heterocycles. The lowest BCUT2D eigenvalue weighted by atomic mass is 9.84. The smallest absolute Gasteiger partial charge is 0.205 e. The van der Waals surface area contributed by atoms with Crippen LogP contribution in [0, 0.1) is 22.7 Å². The first-order valence-corrected chi connectivity index (χ1v) is 5.34. The average Bonchev–Trinajstić information content (AvgIpc) is 2.46. The van der Waals surface area contributed by atoms with Crippen molar-refractivity contribution in [3.8, 4) is 12.1 Å². The zero-order valence-electron chi connectivity index (χ0n) is 9.75. The van der Waals surface area contributed by atoms with Gasteiger partial charge in [-0.1, -0.05) is 0 Å². The monoisotopic (exact) mass is 254 g/mol. The van der Waals surface area contributed by atoms with Crippen molar-refractivity contribution >= 4 is 0 Å². The standard InChI is InChI=1S/C12H10N6O/c13-5-8-10(7-1-3-16-4-2-7)9(6-14)12(19)17-11(8)18-15/h1-4,10,17-19H,15H2. The number of dihydropyridines is 1. The molecule has 2 rings (SSSR count). The molecular weight excluding hydrogens is 244 g/mol. The molecule has 0 spiro atoms. The maximum atomic E-state index is 9.81. The number of aromatic nitrogens is 1. The SMILES string of the molecule is N#CC1=C(O)NC(NN)=C(C#N)C1c1ccncc1. The summed E-state index contributed by atoms with van der Waals surface area (Å²) < 4.78 is 0. The van der Waals surface area contributed by atoms with E-state index in [2.05, 4.69) is 15.7 Å². The molecule has 1 aliphatic heterocycles. The normalized spacial score (nSPS) is 18.4. The summed E-state index contributed by atoms with van der Waals surface area (Å²) in [6.45, 7) is 0. The van der Waals surface area contributed by atoms with Crippen LogP contribution in [-0.4, -0.2) is 10.1 Å². The van der Waals surface area contributed by atoms with Crippen LogP contribution in [0.2, 0.25) is 0 Å². The Hall–Kier alpha value is -3.03. The number of nitriles is 2. The third-order valence-corrected chi connectivity index (χ3v) is 2.77. The highest BCUT2D eigenvalue weighted by atomic mass is 16.3. The van der Waals surface area contributed by atoms with Crippen molar-refractivity contribution in [2.24, 2.45) is 5.84 Å². The fourth-order valence-corrected chi connectivity index (χ4v) is 1.92. The molecule has 0 amide bonds. The predicted octanol–water partition coefficient (Wildman–Crippen LogP) is 0.260. The van der Waals surface area contributed by atoms with E-state index in [9.17, 15) is 10.4 Å². The fraction of sp³-hybridized carbons (Fsp3) is 0.0833. The first kappa shape index (κ1) is 12.4. The number of hydrazine groups is 1. The molecule has 94 valence electrons. The van der Waals surface area contributed by atoms with Gasteiger partial charge in [-0.15, -0.1) is 0 Å². The first-order chi connectivity index (χ1) is 9.22. The number of nitrogens with one attached hydrogen (secondary N) is 2. The van der Waals surface area contributed by atoms with Crippen molar-refractivity contribution in [1.82, 2.24) is 15.7 Å². The summed E-state index contributed by atoms with van der Waals surface area (Å²) in [6.07, 6.45) is 3.10. The zero-order chi connectivity index (χ0) is 13.8. The summed E-state index contributed by atoms with van der Waals surface area (Å²) in [4.78, 5) is 3.88. The van der Waals surface area contributed by atoms with Crippen molar-refractivity contribution < 1.29 is 5.11 Å². The topological polar surface area (TPSA) is 131 Å². The summed E-state index contributed by atoms with van der Waals surface area (Å²) in [7, 11) is 0. The maximum Gasteiger partial charge on any atom is 0.205 e. The third-order valence-electron chi connectivity index (χ3n) is 2.77. The lowest BCUT2D eigenvalue weighted by Gasteiger charge is -2.25. The van der Waals surface area contributed by atoms with Crippen molar-refractivity contribution in [2.45, 2.75) is 5.92 Å². The number of aliphatic hydroxyl groups is 1. The average molecular weight is 254 g/mol. The van der Waals surface area contributed by atoms with Crippen LogP contribution < -0.4 is 16.6 Å². The summed E-state index contributed by atoms with van der Waals surface area (Å²) >= 11 is 0. The van der Waals surface area contributed by atoms with Crippen LogP contribution in [0.15, 0.2) is 47.4 Å². The van der Waals surface area contributed by atoms with Gasteiger partial charge in [-0.25, -0.2) is 5.84 Å². The molecule has 0 aromatic carbocycles. The molecule has 7 heteroatoms. The van der Waals surface area contributed by atoms with Crippen LogP contribution in [0.1, 0.15) is 11.5 Å². The number of rotatable bonds is 2. The first-order valence-electron chi connectivity index (χ1n) is 5.34. The van der Waals surface area contributed by atoms with E-state index in [1.807, 2.05) is 12.1 Å². The molecule has 0 fully saturated rings. The zero-order valence-corrected chi connectivity index (χ0v) is 9.75. The minimum absolute atomic E-state index is 0.0572. The highest BCUT2D eigenvalue weighted by Gasteiger charge is 2.32. The van der Waals surface area contributed by atoms with Gasteiger partial charge >= 0.3 is 0 Å². The number of hydrogen-bond acceptors (Lipinski definition) is 7. The Balaban J connectivity index is 2.63. The molecule has 0 saturated heterocycles. The van der Waals surface area contributed by atoms with Gasteiger partial charge < -0.3 is 15.8 Å². The number of allylic oxidation sites excluding steroid dienone is 2. The van der Waals surface area contributed by atoms with E-state index < -0.39 is 5.92 Å². The van der Waals surface area contributed by atoms with Gasteiger partial charge in [0.05, 0.1) is 17.6 Å². The second kappa shape index (κ2) is 5.08. The van der Waals surface area contributed by atoms with Crippen molar-refractivity contribution in [2.75, 3.05) is 0 Å². The number of nitrogens with zero attached hydrogens (tertiary/aromatic N) is 3. The van der Waals surface area contributed by atoms with Gasteiger partial charge in [0.25, 0.3) is 0 Å². The van der Waals surface area contributed by atoms with E-state index in [1.54, 1.807) is 24.5 Å². The van der Waals surface area contributed by atoms with Gasteiger partial charge in [0.2, 0.25) is 5.88 Å². The largest absolute Gasteiger partial charge is 0.494 e. The number of aliphatic hydroxyl groups excluding tert-OH is 1. The minimum Gasteiger partial charge on any atom is -0.494 e. The Bertz CT molecular complexity index is 634. The van der Waals surface area contributed by atoms with E-state index in [0.717, 1.165) is 0 Å². The Morgan fingerprint density at radius 1 is 1.26 bits per heavy atom. The van der Waals surface area contributed by atoms with Crippen LogP contribution in [0.5, 0.6) is 0 Å². The van der Waals surface area contributed by atoms with Crippen LogP contribution in [0.25, 0.3) is 0 Å². The molecule has 1 atom stereocenters. The Labute approximate surface area is 109 Å². The summed E-state index contributed by atoms with van der Waals surface area (Å²) in [5.41, 5.74) is 3.26. The van der Waals surface area contributed by atoms with E-state index in [1.165, 1.54) is 0 Å². The lowest BCUT2D eigenvalue weighted by Crippen LogP contribution is -2.37. The van der Waals surface area contributed by atoms with E-state index in [4.69, 9.17) is 11.1 Å². The van der Waals surface area contributed by atoms with Gasteiger partial charge in [-0.3, -0.25) is 4.98 Å². The molecule has 1 unspecified atom stereocenters. The third kappa shape index (κ3) is 2.06. The predicted molar refractivity (Wildman–Crippen MR) is 65.3 cm³/mol. The van der Waals surface area contributed by atoms with Gasteiger partial charge in [0, 0.05) is 12.4 Å². The van der Waals surface area contributed by atoms with E-state index in [0.29, 0.717) is 5.56 Å². The second-order valence-electron chi connectivity index (χ2n) is 3.76. The number of nitrogens with two attached hydrogens (primary N) is 1. The second-order valence-corrected chi connectivity index (χ2v) is 3.76. The summed E-state index contributed by atoms with van der Waals surface area (Å²) in [5, 5.41) is 30.7. The van der Waals surface area contributed by atoms with Crippen LogP contribution >= 0.6 is 0 Å². The highest BCUT2D eigenvalue weighted by Crippen LogP contribution is 2.35. The van der Waals surface area contributed by atoms with Gasteiger partial charge in [-0.2, -0.15) is 10.5 Å². The van der Waals surface area contributed by atoms with Crippen LogP contribution in [0.4, 0.5) is 0 Å². The molecule has 0 saturated carbocycles. The Kier molecular flexibility index (Phi) is 3.33. The van der Waals surface area contributed by atoms with Crippen molar-refractivity contribution in [1.29, 1.82) is 10.5 Å². The maximum absolute atomic E-state index is 9.81.